The van der Waals surface area contributed by atoms with E-state index in [0.717, 1.165) is 37.2 Å². The zero-order valence-corrected chi connectivity index (χ0v) is 11.1. The van der Waals surface area contributed by atoms with Gasteiger partial charge in [-0.2, -0.15) is 5.26 Å². The third-order valence-corrected chi connectivity index (χ3v) is 3.60. The van der Waals surface area contributed by atoms with E-state index in [4.69, 9.17) is 5.11 Å². The van der Waals surface area contributed by atoms with E-state index < -0.39 is 5.97 Å². The predicted molar refractivity (Wildman–Crippen MR) is 73.1 cm³/mol. The van der Waals surface area contributed by atoms with Gasteiger partial charge in [-0.15, -0.1) is 0 Å². The molecule has 1 aliphatic heterocycles. The van der Waals surface area contributed by atoms with Crippen molar-refractivity contribution in [2.24, 2.45) is 5.92 Å². The number of carboxylic acid groups (broad SMARTS) is 1. The second-order valence-corrected chi connectivity index (χ2v) is 5.18. The van der Waals surface area contributed by atoms with Gasteiger partial charge < -0.3 is 10.0 Å². The van der Waals surface area contributed by atoms with E-state index in [1.165, 1.54) is 0 Å². The first kappa shape index (κ1) is 13.4. The van der Waals surface area contributed by atoms with Crippen LogP contribution >= 0.6 is 0 Å². The maximum Gasteiger partial charge on any atom is 0.303 e. The number of rotatable bonds is 3. The highest BCUT2D eigenvalue weighted by atomic mass is 16.4. The van der Waals surface area contributed by atoms with Gasteiger partial charge in [-0.05, 0) is 43.4 Å². The molecule has 0 bridgehead atoms. The minimum atomic E-state index is -0.739. The van der Waals surface area contributed by atoms with Gasteiger partial charge in [-0.25, -0.2) is 0 Å². The van der Waals surface area contributed by atoms with E-state index in [2.05, 4.69) is 11.0 Å². The predicted octanol–water partition coefficient (Wildman–Crippen LogP) is 2.56. The molecule has 100 valence electrons. The molecular weight excluding hydrogens is 240 g/mol. The van der Waals surface area contributed by atoms with Gasteiger partial charge in [0.15, 0.2) is 0 Å². The molecule has 1 N–H and O–H groups in total. The summed E-state index contributed by atoms with van der Waals surface area (Å²) < 4.78 is 0. The van der Waals surface area contributed by atoms with Crippen molar-refractivity contribution in [2.75, 3.05) is 18.0 Å². The standard InChI is InChI=1S/C15H18N2O2/c1-11-4-5-13(9-16)14(7-11)17-6-2-3-12(10-17)8-15(18)19/h4-5,7,12H,2-3,6,8,10H2,1H3,(H,18,19). The van der Waals surface area contributed by atoms with Crippen LogP contribution in [0.1, 0.15) is 30.4 Å². The fourth-order valence-corrected chi connectivity index (χ4v) is 2.70. The number of benzene rings is 1. The normalized spacial score (nSPS) is 18.9. The van der Waals surface area contributed by atoms with E-state index in [-0.39, 0.29) is 12.3 Å². The Morgan fingerprint density at radius 1 is 1.58 bits per heavy atom. The van der Waals surface area contributed by atoms with Crippen LogP contribution in [0.15, 0.2) is 18.2 Å². The third kappa shape index (κ3) is 3.25. The second kappa shape index (κ2) is 5.75. The van der Waals surface area contributed by atoms with Crippen molar-refractivity contribution in [1.82, 2.24) is 0 Å². The molecule has 1 aromatic carbocycles. The summed E-state index contributed by atoms with van der Waals surface area (Å²) in [5.41, 5.74) is 2.73. The quantitative estimate of drug-likeness (QED) is 0.905. The SMILES string of the molecule is Cc1ccc(C#N)c(N2CCCC(CC(=O)O)C2)c1. The summed E-state index contributed by atoms with van der Waals surface area (Å²) in [4.78, 5) is 13.0. The molecule has 1 aromatic rings. The molecule has 4 nitrogen and oxygen atoms in total. The molecule has 0 aromatic heterocycles. The Balaban J connectivity index is 2.19. The minimum absolute atomic E-state index is 0.179. The molecular formula is C15H18N2O2. The average molecular weight is 258 g/mol. The van der Waals surface area contributed by atoms with Crippen molar-refractivity contribution >= 4 is 11.7 Å². The van der Waals surface area contributed by atoms with Crippen molar-refractivity contribution in [3.8, 4) is 6.07 Å². The Kier molecular flexibility index (Phi) is 4.06. The van der Waals surface area contributed by atoms with Gasteiger partial charge in [0.1, 0.15) is 6.07 Å². The Morgan fingerprint density at radius 3 is 3.05 bits per heavy atom. The van der Waals surface area contributed by atoms with Crippen LogP contribution in [0.5, 0.6) is 0 Å². The molecule has 4 heteroatoms. The molecule has 0 aliphatic carbocycles. The summed E-state index contributed by atoms with van der Waals surface area (Å²) in [6, 6.07) is 8.00. The highest BCUT2D eigenvalue weighted by Crippen LogP contribution is 2.28. The molecule has 1 heterocycles. The first-order valence-electron chi connectivity index (χ1n) is 6.57. The van der Waals surface area contributed by atoms with E-state index in [1.54, 1.807) is 0 Å². The number of carboxylic acids is 1. The number of nitriles is 1. The van der Waals surface area contributed by atoms with Crippen molar-refractivity contribution < 1.29 is 9.90 Å². The van der Waals surface area contributed by atoms with Gasteiger partial charge in [-0.3, -0.25) is 4.79 Å². The number of anilines is 1. The highest BCUT2D eigenvalue weighted by molar-refractivity contribution is 5.67. The first-order valence-corrected chi connectivity index (χ1v) is 6.57. The first-order chi connectivity index (χ1) is 9.10. The molecule has 0 saturated carbocycles. The maximum atomic E-state index is 10.8. The van der Waals surface area contributed by atoms with E-state index in [9.17, 15) is 10.1 Å². The molecule has 19 heavy (non-hydrogen) atoms. The van der Waals surface area contributed by atoms with Crippen LogP contribution in [0.25, 0.3) is 0 Å². The fraction of sp³-hybridized carbons (Fsp3) is 0.467. The summed E-state index contributed by atoms with van der Waals surface area (Å²) in [6.45, 7) is 3.63. The molecule has 0 radical (unpaired) electrons. The lowest BCUT2D eigenvalue weighted by molar-refractivity contribution is -0.138. The van der Waals surface area contributed by atoms with Gasteiger partial charge in [0.2, 0.25) is 0 Å². The van der Waals surface area contributed by atoms with Gasteiger partial charge in [0.25, 0.3) is 0 Å². The molecule has 1 saturated heterocycles. The Labute approximate surface area is 113 Å². The molecule has 0 spiro atoms. The lowest BCUT2D eigenvalue weighted by Gasteiger charge is -2.34. The maximum absolute atomic E-state index is 10.8. The smallest absolute Gasteiger partial charge is 0.303 e. The van der Waals surface area contributed by atoms with Crippen molar-refractivity contribution in [2.45, 2.75) is 26.2 Å². The van der Waals surface area contributed by atoms with E-state index in [1.807, 2.05) is 25.1 Å². The molecule has 2 rings (SSSR count). The lowest BCUT2D eigenvalue weighted by Crippen LogP contribution is -2.36. The Morgan fingerprint density at radius 2 is 2.37 bits per heavy atom. The second-order valence-electron chi connectivity index (χ2n) is 5.18. The van der Waals surface area contributed by atoms with Gasteiger partial charge in [-0.1, -0.05) is 6.07 Å². The lowest BCUT2D eigenvalue weighted by atomic mass is 9.94. The van der Waals surface area contributed by atoms with E-state index >= 15 is 0 Å². The van der Waals surface area contributed by atoms with Crippen LogP contribution in [-0.4, -0.2) is 24.2 Å². The summed E-state index contributed by atoms with van der Waals surface area (Å²) in [5, 5.41) is 18.1. The van der Waals surface area contributed by atoms with Gasteiger partial charge in [0, 0.05) is 19.5 Å². The third-order valence-electron chi connectivity index (χ3n) is 3.60. The topological polar surface area (TPSA) is 64.3 Å². The number of nitrogens with zero attached hydrogens (tertiary/aromatic N) is 2. The molecule has 1 fully saturated rings. The monoisotopic (exact) mass is 258 g/mol. The highest BCUT2D eigenvalue weighted by Gasteiger charge is 2.23. The molecule has 1 unspecified atom stereocenters. The van der Waals surface area contributed by atoms with Crippen LogP contribution < -0.4 is 4.90 Å². The summed E-state index contributed by atoms with van der Waals surface area (Å²) >= 11 is 0. The number of aryl methyl sites for hydroxylation is 1. The van der Waals surface area contributed by atoms with Crippen LogP contribution in [-0.2, 0) is 4.79 Å². The Hall–Kier alpha value is -2.02. The molecule has 0 amide bonds. The van der Waals surface area contributed by atoms with E-state index in [0.29, 0.717) is 5.56 Å². The van der Waals surface area contributed by atoms with Gasteiger partial charge >= 0.3 is 5.97 Å². The number of hydrogen-bond acceptors (Lipinski definition) is 3. The minimum Gasteiger partial charge on any atom is -0.481 e. The van der Waals surface area contributed by atoms with Crippen LogP contribution in [0.3, 0.4) is 0 Å². The number of carbonyl (C=O) groups is 1. The largest absolute Gasteiger partial charge is 0.481 e. The fourth-order valence-electron chi connectivity index (χ4n) is 2.70. The summed E-state index contributed by atoms with van der Waals surface area (Å²) in [7, 11) is 0. The summed E-state index contributed by atoms with van der Waals surface area (Å²) in [5.74, 6) is -0.560. The molecule has 1 atom stereocenters. The van der Waals surface area contributed by atoms with Crippen LogP contribution in [0, 0.1) is 24.2 Å². The Bertz CT molecular complexity index is 519. The van der Waals surface area contributed by atoms with Gasteiger partial charge in [0.05, 0.1) is 11.3 Å². The number of aliphatic carboxylic acids is 1. The zero-order valence-electron chi connectivity index (χ0n) is 11.1. The number of hydrogen-bond donors (Lipinski definition) is 1. The average Bonchev–Trinajstić information content (AvgIpc) is 2.38. The van der Waals surface area contributed by atoms with Crippen molar-refractivity contribution in [3.63, 3.8) is 0 Å². The summed E-state index contributed by atoms with van der Waals surface area (Å²) in [6.07, 6.45) is 2.15. The molecule has 1 aliphatic rings. The van der Waals surface area contributed by atoms with Crippen LogP contribution in [0.4, 0.5) is 5.69 Å². The van der Waals surface area contributed by atoms with Crippen molar-refractivity contribution in [1.29, 1.82) is 5.26 Å². The van der Waals surface area contributed by atoms with Crippen LogP contribution in [0.2, 0.25) is 0 Å². The zero-order chi connectivity index (χ0) is 13.8. The van der Waals surface area contributed by atoms with Crippen molar-refractivity contribution in [3.05, 3.63) is 29.3 Å². The number of piperidine rings is 1.